The van der Waals surface area contributed by atoms with Gasteiger partial charge >= 0.3 is 6.03 Å². The highest BCUT2D eigenvalue weighted by Crippen LogP contribution is 2.33. The highest BCUT2D eigenvalue weighted by atomic mass is 16.3. The summed E-state index contributed by atoms with van der Waals surface area (Å²) in [4.78, 5) is 14.6. The Morgan fingerprint density at radius 3 is 2.78 bits per heavy atom. The van der Waals surface area contributed by atoms with Crippen molar-refractivity contribution in [3.8, 4) is 0 Å². The van der Waals surface area contributed by atoms with Crippen LogP contribution in [0.25, 0.3) is 0 Å². The molecule has 2 heterocycles. The van der Waals surface area contributed by atoms with E-state index in [1.54, 1.807) is 6.26 Å². The van der Waals surface area contributed by atoms with Crippen LogP contribution in [0.15, 0.2) is 22.8 Å². The van der Waals surface area contributed by atoms with Crippen molar-refractivity contribution in [1.29, 1.82) is 0 Å². The van der Waals surface area contributed by atoms with E-state index in [0.717, 1.165) is 31.7 Å². The third-order valence-corrected chi connectivity index (χ3v) is 4.86. The maximum atomic E-state index is 12.2. The largest absolute Gasteiger partial charge is 0.468 e. The molecule has 1 aromatic rings. The summed E-state index contributed by atoms with van der Waals surface area (Å²) in [5.41, 5.74) is 0. The second kappa shape index (κ2) is 7.84. The van der Waals surface area contributed by atoms with E-state index in [0.29, 0.717) is 18.9 Å². The number of carbonyl (C=O) groups is 1. The lowest BCUT2D eigenvalue weighted by Gasteiger charge is -2.26. The Balaban J connectivity index is 1.52. The minimum absolute atomic E-state index is 0.0915. The summed E-state index contributed by atoms with van der Waals surface area (Å²) in [5, 5.41) is 15.1. The molecule has 6 heteroatoms. The van der Waals surface area contributed by atoms with Gasteiger partial charge in [-0.25, -0.2) is 4.79 Å². The Kier molecular flexibility index (Phi) is 5.56. The van der Waals surface area contributed by atoms with Gasteiger partial charge in [0.05, 0.1) is 12.3 Å². The number of likely N-dealkylation sites (tertiary alicyclic amines) is 1. The van der Waals surface area contributed by atoms with E-state index >= 15 is 0 Å². The molecule has 2 aliphatic rings. The van der Waals surface area contributed by atoms with Crippen molar-refractivity contribution in [2.24, 2.45) is 5.92 Å². The van der Waals surface area contributed by atoms with Gasteiger partial charge in [0.1, 0.15) is 5.76 Å². The van der Waals surface area contributed by atoms with E-state index in [4.69, 9.17) is 9.52 Å². The normalized spacial score (nSPS) is 21.1. The van der Waals surface area contributed by atoms with Gasteiger partial charge in [0.25, 0.3) is 0 Å². The lowest BCUT2D eigenvalue weighted by Crippen LogP contribution is -2.46. The average Bonchev–Trinajstić information content (AvgIpc) is 3.02. The summed E-state index contributed by atoms with van der Waals surface area (Å²) in [7, 11) is 0. The third-order valence-electron chi connectivity index (χ3n) is 4.86. The molecule has 1 aliphatic carbocycles. The van der Waals surface area contributed by atoms with Gasteiger partial charge in [0.2, 0.25) is 0 Å². The van der Waals surface area contributed by atoms with Crippen LogP contribution in [0.4, 0.5) is 4.79 Å². The van der Waals surface area contributed by atoms with Crippen molar-refractivity contribution < 1.29 is 14.3 Å². The van der Waals surface area contributed by atoms with Crippen LogP contribution in [0.5, 0.6) is 0 Å². The van der Waals surface area contributed by atoms with Gasteiger partial charge in [0, 0.05) is 19.2 Å². The lowest BCUT2D eigenvalue weighted by molar-refractivity contribution is 0.199. The Morgan fingerprint density at radius 1 is 1.39 bits per heavy atom. The summed E-state index contributed by atoms with van der Waals surface area (Å²) in [5.74, 6) is 1.44. The monoisotopic (exact) mass is 321 g/mol. The number of hydrogen-bond acceptors (Lipinski definition) is 4. The van der Waals surface area contributed by atoms with Gasteiger partial charge in [-0.05, 0) is 63.2 Å². The van der Waals surface area contributed by atoms with Crippen molar-refractivity contribution in [1.82, 2.24) is 15.5 Å². The minimum Gasteiger partial charge on any atom is -0.468 e. The van der Waals surface area contributed by atoms with Crippen molar-refractivity contribution >= 4 is 6.03 Å². The molecule has 0 aromatic carbocycles. The highest BCUT2D eigenvalue weighted by Gasteiger charge is 2.32. The third kappa shape index (κ3) is 4.48. The van der Waals surface area contributed by atoms with Crippen molar-refractivity contribution in [3.63, 3.8) is 0 Å². The maximum absolute atomic E-state index is 12.2. The van der Waals surface area contributed by atoms with Gasteiger partial charge in [-0.2, -0.15) is 0 Å². The van der Waals surface area contributed by atoms with Crippen LogP contribution in [-0.4, -0.2) is 48.3 Å². The molecule has 0 unspecified atom stereocenters. The lowest BCUT2D eigenvalue weighted by atomic mass is 10.1. The first-order valence-corrected chi connectivity index (χ1v) is 8.70. The summed E-state index contributed by atoms with van der Waals surface area (Å²) >= 11 is 0. The SMILES string of the molecule is O=C(NC[C@H](c1ccco1)N1CCCC1)N[C@@H](CCO)C1CC1. The van der Waals surface area contributed by atoms with Gasteiger partial charge in [-0.1, -0.05) is 0 Å². The molecule has 1 aromatic heterocycles. The molecule has 0 radical (unpaired) electrons. The van der Waals surface area contributed by atoms with Crippen LogP contribution < -0.4 is 10.6 Å². The van der Waals surface area contributed by atoms with E-state index in [-0.39, 0.29) is 24.7 Å². The number of urea groups is 1. The van der Waals surface area contributed by atoms with Crippen LogP contribution >= 0.6 is 0 Å². The van der Waals surface area contributed by atoms with Crippen molar-refractivity contribution in [2.75, 3.05) is 26.2 Å². The molecule has 2 fully saturated rings. The molecule has 2 atom stereocenters. The first-order chi connectivity index (χ1) is 11.3. The smallest absolute Gasteiger partial charge is 0.315 e. The zero-order valence-corrected chi connectivity index (χ0v) is 13.5. The first-order valence-electron chi connectivity index (χ1n) is 8.70. The summed E-state index contributed by atoms with van der Waals surface area (Å²) in [6.45, 7) is 2.74. The number of rotatable bonds is 8. The average molecular weight is 321 g/mol. The molecule has 128 valence electrons. The number of furan rings is 1. The zero-order valence-electron chi connectivity index (χ0n) is 13.5. The molecule has 3 N–H and O–H groups in total. The number of amides is 2. The molecule has 23 heavy (non-hydrogen) atoms. The van der Waals surface area contributed by atoms with Gasteiger partial charge in [-0.3, -0.25) is 4.90 Å². The number of aliphatic hydroxyl groups excluding tert-OH is 1. The molecular weight excluding hydrogens is 294 g/mol. The van der Waals surface area contributed by atoms with Gasteiger partial charge in [-0.15, -0.1) is 0 Å². The van der Waals surface area contributed by atoms with Crippen LogP contribution in [-0.2, 0) is 0 Å². The quantitative estimate of drug-likeness (QED) is 0.683. The summed E-state index contributed by atoms with van der Waals surface area (Å²) < 4.78 is 5.56. The number of nitrogens with zero attached hydrogens (tertiary/aromatic N) is 1. The standard InChI is InChI=1S/C17H27N3O3/c21-10-7-14(13-5-6-13)19-17(22)18-12-15(16-4-3-11-23-16)20-8-1-2-9-20/h3-4,11,13-15,21H,1-2,5-10,12H2,(H2,18,19,22)/t14-,15+/m0/s1. The fourth-order valence-corrected chi connectivity index (χ4v) is 3.42. The Morgan fingerprint density at radius 2 is 2.17 bits per heavy atom. The second-order valence-electron chi connectivity index (χ2n) is 6.58. The Bertz CT molecular complexity index is 481. The molecule has 3 rings (SSSR count). The van der Waals surface area contributed by atoms with E-state index < -0.39 is 0 Å². The molecule has 1 aliphatic heterocycles. The van der Waals surface area contributed by atoms with E-state index in [1.807, 2.05) is 12.1 Å². The first kappa shape index (κ1) is 16.3. The van der Waals surface area contributed by atoms with Crippen molar-refractivity contribution in [2.45, 2.75) is 44.2 Å². The van der Waals surface area contributed by atoms with Gasteiger partial charge < -0.3 is 20.2 Å². The molecule has 6 nitrogen and oxygen atoms in total. The van der Waals surface area contributed by atoms with Crippen LogP contribution in [0.2, 0.25) is 0 Å². The molecular formula is C17H27N3O3. The number of carbonyl (C=O) groups excluding carboxylic acids is 1. The fraction of sp³-hybridized carbons (Fsp3) is 0.706. The van der Waals surface area contributed by atoms with Crippen molar-refractivity contribution in [3.05, 3.63) is 24.2 Å². The van der Waals surface area contributed by atoms with E-state index in [1.165, 1.54) is 12.8 Å². The Hall–Kier alpha value is -1.53. The van der Waals surface area contributed by atoms with Gasteiger partial charge in [0.15, 0.2) is 0 Å². The topological polar surface area (TPSA) is 77.7 Å². The van der Waals surface area contributed by atoms with E-state index in [2.05, 4.69) is 15.5 Å². The minimum atomic E-state index is -0.147. The summed E-state index contributed by atoms with van der Waals surface area (Å²) in [6, 6.07) is 3.90. The maximum Gasteiger partial charge on any atom is 0.315 e. The fourth-order valence-electron chi connectivity index (χ4n) is 3.42. The van der Waals surface area contributed by atoms with Crippen LogP contribution in [0, 0.1) is 5.92 Å². The highest BCUT2D eigenvalue weighted by molar-refractivity contribution is 5.74. The molecule has 0 bridgehead atoms. The van der Waals surface area contributed by atoms with E-state index in [9.17, 15) is 4.79 Å². The predicted octanol–water partition coefficient (Wildman–Crippen LogP) is 1.88. The van der Waals surface area contributed by atoms with Crippen LogP contribution in [0.1, 0.15) is 43.9 Å². The molecule has 0 spiro atoms. The number of hydrogen-bond donors (Lipinski definition) is 3. The molecule has 1 saturated heterocycles. The Labute approximate surface area is 137 Å². The van der Waals surface area contributed by atoms with Crippen LogP contribution in [0.3, 0.4) is 0 Å². The number of nitrogens with one attached hydrogen (secondary N) is 2. The zero-order chi connectivity index (χ0) is 16.1. The molecule has 2 amide bonds. The molecule has 1 saturated carbocycles. The predicted molar refractivity (Wildman–Crippen MR) is 87.0 cm³/mol. The second-order valence-corrected chi connectivity index (χ2v) is 6.58. The number of aliphatic hydroxyl groups is 1. The summed E-state index contributed by atoms with van der Waals surface area (Å²) in [6.07, 6.45) is 7.00.